The van der Waals surface area contributed by atoms with E-state index < -0.39 is 4.92 Å². The van der Waals surface area contributed by atoms with Crippen molar-refractivity contribution in [2.24, 2.45) is 5.73 Å². The number of nitro groups is 1. The van der Waals surface area contributed by atoms with Gasteiger partial charge in [0.1, 0.15) is 0 Å². The minimum Gasteiger partial charge on any atom is -0.360 e. The second-order valence-electron chi connectivity index (χ2n) is 2.02. The first kappa shape index (κ1) is 7.56. The second-order valence-corrected chi connectivity index (χ2v) is 2.02. The van der Waals surface area contributed by atoms with E-state index in [1.165, 1.54) is 18.7 Å². The van der Waals surface area contributed by atoms with E-state index in [4.69, 9.17) is 5.73 Å². The molecule has 0 radical (unpaired) electrons. The van der Waals surface area contributed by atoms with E-state index in [-0.39, 0.29) is 5.69 Å². The Labute approximate surface area is 63.8 Å². The summed E-state index contributed by atoms with van der Waals surface area (Å²) in [6.07, 6.45) is 0. The smallest absolute Gasteiger partial charge is 0.216 e. The molecule has 1 aromatic carbocycles. The number of rotatable bonds is 2. The molecular formula is C7H7N2O2-. The summed E-state index contributed by atoms with van der Waals surface area (Å²) in [4.78, 5) is 9.77. The monoisotopic (exact) mass is 151 g/mol. The van der Waals surface area contributed by atoms with Crippen molar-refractivity contribution in [3.05, 3.63) is 46.5 Å². The van der Waals surface area contributed by atoms with Crippen molar-refractivity contribution >= 4 is 5.69 Å². The molecule has 1 aromatic rings. The third-order valence-corrected chi connectivity index (χ3v) is 1.27. The summed E-state index contributed by atoms with van der Waals surface area (Å²) in [6, 6.07) is 6.14. The standard InChI is InChI=1S/C7H7N2O2/c8-5-6-2-1-3-7(4-6)9(10)11/h1-5H,8H2/q-1. The lowest BCUT2D eigenvalue weighted by Crippen LogP contribution is -1.94. The van der Waals surface area contributed by atoms with Crippen molar-refractivity contribution in [2.45, 2.75) is 0 Å². The van der Waals surface area contributed by atoms with Crippen LogP contribution in [0.3, 0.4) is 0 Å². The van der Waals surface area contributed by atoms with Gasteiger partial charge in [0.2, 0.25) is 5.69 Å². The van der Waals surface area contributed by atoms with Gasteiger partial charge in [-0.3, -0.25) is 10.1 Å². The number of nitrogens with zero attached hydrogens (tertiary/aromatic N) is 1. The fourth-order valence-corrected chi connectivity index (χ4v) is 0.742. The molecular weight excluding hydrogens is 144 g/mol. The largest absolute Gasteiger partial charge is 0.360 e. The first-order chi connectivity index (χ1) is 5.24. The average Bonchev–Trinajstić information content (AvgIpc) is 2.05. The summed E-state index contributed by atoms with van der Waals surface area (Å²) < 4.78 is 0. The van der Waals surface area contributed by atoms with E-state index >= 15 is 0 Å². The minimum absolute atomic E-state index is 0.0594. The molecule has 0 unspecified atom stereocenters. The van der Waals surface area contributed by atoms with Crippen LogP contribution >= 0.6 is 0 Å². The summed E-state index contributed by atoms with van der Waals surface area (Å²) in [7, 11) is 0. The quantitative estimate of drug-likeness (QED) is 0.390. The molecule has 0 atom stereocenters. The van der Waals surface area contributed by atoms with Crippen LogP contribution in [0.15, 0.2) is 24.3 Å². The Morgan fingerprint density at radius 3 is 2.82 bits per heavy atom. The minimum atomic E-state index is -0.451. The molecule has 0 amide bonds. The molecule has 0 aliphatic heterocycles. The highest BCUT2D eigenvalue weighted by Gasteiger charge is 1.97. The van der Waals surface area contributed by atoms with Crippen molar-refractivity contribution in [1.29, 1.82) is 0 Å². The number of non-ortho nitro benzene ring substituents is 1. The first-order valence-electron chi connectivity index (χ1n) is 3.03. The van der Waals surface area contributed by atoms with E-state index in [9.17, 15) is 10.1 Å². The molecule has 0 spiro atoms. The Balaban J connectivity index is 3.01. The van der Waals surface area contributed by atoms with Crippen LogP contribution in [-0.4, -0.2) is 4.92 Å². The van der Waals surface area contributed by atoms with Gasteiger partial charge in [0.05, 0.1) is 0 Å². The van der Waals surface area contributed by atoms with Crippen LogP contribution in [-0.2, 0) is 0 Å². The lowest BCUT2D eigenvalue weighted by Gasteiger charge is -2.03. The van der Waals surface area contributed by atoms with Gasteiger partial charge >= 0.3 is 0 Å². The van der Waals surface area contributed by atoms with Crippen LogP contribution in [0.5, 0.6) is 0 Å². The lowest BCUT2D eigenvalue weighted by molar-refractivity contribution is -0.384. The molecule has 0 heterocycles. The van der Waals surface area contributed by atoms with Crippen molar-refractivity contribution < 1.29 is 4.92 Å². The number of hydrogen-bond donors (Lipinski definition) is 1. The maximum absolute atomic E-state index is 10.2. The maximum Gasteiger partial charge on any atom is 0.216 e. The van der Waals surface area contributed by atoms with Crippen LogP contribution in [0, 0.1) is 16.7 Å². The van der Waals surface area contributed by atoms with E-state index in [1.807, 2.05) is 0 Å². The highest BCUT2D eigenvalue weighted by molar-refractivity contribution is 5.36. The molecule has 58 valence electrons. The Bertz CT molecular complexity index is 273. The van der Waals surface area contributed by atoms with Gasteiger partial charge in [-0.25, -0.2) is 0 Å². The summed E-state index contributed by atoms with van der Waals surface area (Å²) >= 11 is 0. The normalized spacial score (nSPS) is 9.18. The Morgan fingerprint density at radius 2 is 2.27 bits per heavy atom. The highest BCUT2D eigenvalue weighted by Crippen LogP contribution is 2.12. The highest BCUT2D eigenvalue weighted by atomic mass is 16.6. The van der Waals surface area contributed by atoms with E-state index in [1.54, 1.807) is 12.1 Å². The molecule has 0 aliphatic rings. The van der Waals surface area contributed by atoms with Crippen LogP contribution in [0.1, 0.15) is 5.56 Å². The van der Waals surface area contributed by atoms with Crippen molar-refractivity contribution in [3.8, 4) is 0 Å². The number of nitro benzene ring substituents is 1. The van der Waals surface area contributed by atoms with Gasteiger partial charge in [0, 0.05) is 4.92 Å². The maximum atomic E-state index is 10.2. The van der Waals surface area contributed by atoms with E-state index in [2.05, 4.69) is 0 Å². The molecule has 2 N–H and O–H groups in total. The molecule has 0 aromatic heterocycles. The zero-order valence-electron chi connectivity index (χ0n) is 5.73. The van der Waals surface area contributed by atoms with Gasteiger partial charge in [-0.05, 0) is 6.07 Å². The van der Waals surface area contributed by atoms with Crippen molar-refractivity contribution in [2.75, 3.05) is 0 Å². The summed E-state index contributed by atoms with van der Waals surface area (Å²) in [5.41, 5.74) is 5.88. The van der Waals surface area contributed by atoms with Crippen LogP contribution in [0.4, 0.5) is 5.69 Å². The van der Waals surface area contributed by atoms with Crippen molar-refractivity contribution in [1.82, 2.24) is 0 Å². The predicted octanol–water partition coefficient (Wildman–Crippen LogP) is 1.06. The molecule has 0 saturated heterocycles. The fraction of sp³-hybridized carbons (Fsp3) is 0. The summed E-state index contributed by atoms with van der Waals surface area (Å²) in [5.74, 6) is 0. The topological polar surface area (TPSA) is 69.2 Å². The molecule has 0 bridgehead atoms. The number of nitrogens with two attached hydrogens (primary N) is 1. The third-order valence-electron chi connectivity index (χ3n) is 1.27. The number of hydrogen-bond acceptors (Lipinski definition) is 3. The zero-order chi connectivity index (χ0) is 8.27. The van der Waals surface area contributed by atoms with Gasteiger partial charge in [0.15, 0.2) is 0 Å². The van der Waals surface area contributed by atoms with Crippen LogP contribution in [0.2, 0.25) is 0 Å². The first-order valence-corrected chi connectivity index (χ1v) is 3.03. The SMILES string of the molecule is N[CH-]c1cccc([N+](=O)[O-])c1. The third kappa shape index (κ3) is 1.68. The Kier molecular flexibility index (Phi) is 2.08. The molecule has 0 aliphatic carbocycles. The van der Waals surface area contributed by atoms with Gasteiger partial charge in [-0.2, -0.15) is 11.6 Å². The van der Waals surface area contributed by atoms with Crippen LogP contribution in [0.25, 0.3) is 0 Å². The molecule has 1 rings (SSSR count). The molecule has 11 heavy (non-hydrogen) atoms. The molecule has 4 heteroatoms. The zero-order valence-corrected chi connectivity index (χ0v) is 5.73. The van der Waals surface area contributed by atoms with Crippen molar-refractivity contribution in [3.63, 3.8) is 0 Å². The Morgan fingerprint density at radius 1 is 1.55 bits per heavy atom. The lowest BCUT2D eigenvalue weighted by atomic mass is 10.2. The van der Waals surface area contributed by atoms with Gasteiger partial charge < -0.3 is 5.73 Å². The fourth-order valence-electron chi connectivity index (χ4n) is 0.742. The molecule has 4 nitrogen and oxygen atoms in total. The van der Waals surface area contributed by atoms with Gasteiger partial charge in [-0.1, -0.05) is 6.07 Å². The summed E-state index contributed by atoms with van der Waals surface area (Å²) in [5, 5.41) is 10.2. The van der Waals surface area contributed by atoms with Crippen LogP contribution < -0.4 is 5.73 Å². The van der Waals surface area contributed by atoms with E-state index in [0.29, 0.717) is 5.56 Å². The summed E-state index contributed by atoms with van der Waals surface area (Å²) in [6.45, 7) is 1.33. The predicted molar refractivity (Wildman–Crippen MR) is 40.7 cm³/mol. The molecule has 0 saturated carbocycles. The second kappa shape index (κ2) is 3.03. The average molecular weight is 151 g/mol. The van der Waals surface area contributed by atoms with Gasteiger partial charge in [0.25, 0.3) is 0 Å². The Hall–Kier alpha value is -1.55. The van der Waals surface area contributed by atoms with E-state index in [0.717, 1.165) is 0 Å². The van der Waals surface area contributed by atoms with Gasteiger partial charge in [-0.15, -0.1) is 12.6 Å². The molecule has 0 fully saturated rings. The number of benzene rings is 1.